The molecule has 0 unspecified atom stereocenters. The molecule has 1 amide bonds. The number of carbonyl (C=O) groups excluding carboxylic acids is 1. The molecule has 2 saturated heterocycles. The number of morpholine rings is 1. The van der Waals surface area contributed by atoms with E-state index in [-0.39, 0.29) is 18.3 Å². The van der Waals surface area contributed by atoms with E-state index >= 15 is 0 Å². The molecule has 5 heterocycles. The van der Waals surface area contributed by atoms with E-state index in [1.165, 1.54) is 21.1 Å². The van der Waals surface area contributed by atoms with Crippen LogP contribution < -0.4 is 19.9 Å². The number of aromatic nitrogens is 2. The van der Waals surface area contributed by atoms with E-state index in [0.29, 0.717) is 70.6 Å². The van der Waals surface area contributed by atoms with E-state index in [1.807, 2.05) is 42.2 Å². The first kappa shape index (κ1) is 23.0. The van der Waals surface area contributed by atoms with Gasteiger partial charge in [0.2, 0.25) is 6.79 Å². The molecule has 2 aromatic heterocycles. The summed E-state index contributed by atoms with van der Waals surface area (Å²) in [5.74, 6) is 1.64. The van der Waals surface area contributed by atoms with Crippen molar-refractivity contribution < 1.29 is 19.0 Å². The summed E-state index contributed by atoms with van der Waals surface area (Å²) in [5.41, 5.74) is 2.49. The van der Waals surface area contributed by atoms with Gasteiger partial charge in [0, 0.05) is 19.3 Å². The number of thiocarbonyl (C=S) groups is 1. The highest BCUT2D eigenvalue weighted by molar-refractivity contribution is 8.26. The predicted molar refractivity (Wildman–Crippen MR) is 141 cm³/mol. The Kier molecular flexibility index (Phi) is 5.90. The van der Waals surface area contributed by atoms with Crippen molar-refractivity contribution in [3.63, 3.8) is 0 Å². The van der Waals surface area contributed by atoms with Crippen LogP contribution in [0, 0.1) is 6.92 Å². The number of hydrogen-bond acceptors (Lipinski definition) is 9. The van der Waals surface area contributed by atoms with Crippen molar-refractivity contribution in [2.75, 3.05) is 38.0 Å². The second-order valence-electron chi connectivity index (χ2n) is 8.59. The quantitative estimate of drug-likeness (QED) is 0.379. The third kappa shape index (κ3) is 4.02. The van der Waals surface area contributed by atoms with Crippen LogP contribution >= 0.6 is 24.0 Å². The molecule has 0 aliphatic carbocycles. The van der Waals surface area contributed by atoms with E-state index in [9.17, 15) is 9.59 Å². The molecular weight excluding hydrogens is 500 g/mol. The number of aryl methyl sites for hydroxylation is 1. The second-order valence-corrected chi connectivity index (χ2v) is 10.3. The third-order valence-electron chi connectivity index (χ3n) is 6.30. The average Bonchev–Trinajstić information content (AvgIpc) is 3.46. The van der Waals surface area contributed by atoms with Gasteiger partial charge in [-0.05, 0) is 42.3 Å². The Labute approximate surface area is 216 Å². The predicted octanol–water partition coefficient (Wildman–Crippen LogP) is 2.97. The SMILES string of the molecule is Cc1cccn2c(=O)c(C=C3SC(=S)N(Cc4ccc5c(c4)OCO5)C3=O)c(N3CCOCC3)nc12. The molecule has 9 nitrogen and oxygen atoms in total. The number of rotatable bonds is 4. The second kappa shape index (κ2) is 9.23. The maximum atomic E-state index is 13.6. The monoisotopic (exact) mass is 522 g/mol. The van der Waals surface area contributed by atoms with Crippen LogP contribution in [-0.4, -0.2) is 57.6 Å². The summed E-state index contributed by atoms with van der Waals surface area (Å²) < 4.78 is 18.3. The fourth-order valence-corrected chi connectivity index (χ4v) is 5.67. The lowest BCUT2D eigenvalue weighted by molar-refractivity contribution is -0.122. The lowest BCUT2D eigenvalue weighted by Gasteiger charge is -2.29. The molecule has 184 valence electrons. The molecule has 3 aliphatic rings. The van der Waals surface area contributed by atoms with Crippen molar-refractivity contribution >= 4 is 51.7 Å². The van der Waals surface area contributed by atoms with E-state index in [0.717, 1.165) is 11.1 Å². The molecular formula is C25H22N4O5S2. The molecule has 3 aromatic rings. The minimum absolute atomic E-state index is 0.183. The van der Waals surface area contributed by atoms with Gasteiger partial charge in [0.15, 0.2) is 11.5 Å². The summed E-state index contributed by atoms with van der Waals surface area (Å²) in [5, 5.41) is 0. The smallest absolute Gasteiger partial charge is 0.267 e. The lowest BCUT2D eigenvalue weighted by atomic mass is 10.2. The van der Waals surface area contributed by atoms with Crippen molar-refractivity contribution in [3.8, 4) is 11.5 Å². The van der Waals surface area contributed by atoms with Crippen molar-refractivity contribution in [2.24, 2.45) is 0 Å². The maximum Gasteiger partial charge on any atom is 0.267 e. The van der Waals surface area contributed by atoms with E-state index in [1.54, 1.807) is 12.3 Å². The first-order valence-electron chi connectivity index (χ1n) is 11.5. The maximum absolute atomic E-state index is 13.6. The number of carbonyl (C=O) groups is 1. The van der Waals surface area contributed by atoms with Crippen LogP contribution in [-0.2, 0) is 16.1 Å². The third-order valence-corrected chi connectivity index (χ3v) is 7.68. The van der Waals surface area contributed by atoms with Gasteiger partial charge >= 0.3 is 0 Å². The molecule has 6 rings (SSSR count). The highest BCUT2D eigenvalue weighted by Crippen LogP contribution is 2.37. The number of amides is 1. The number of fused-ring (bicyclic) bond motifs is 2. The van der Waals surface area contributed by atoms with Gasteiger partial charge in [0.05, 0.1) is 30.2 Å². The molecule has 0 N–H and O–H groups in total. The summed E-state index contributed by atoms with van der Waals surface area (Å²) in [6.07, 6.45) is 3.33. The minimum atomic E-state index is -0.246. The van der Waals surface area contributed by atoms with Gasteiger partial charge in [0.1, 0.15) is 15.8 Å². The number of thioether (sulfide) groups is 1. The first-order chi connectivity index (χ1) is 17.5. The van der Waals surface area contributed by atoms with Crippen LogP contribution in [0.25, 0.3) is 11.7 Å². The van der Waals surface area contributed by atoms with E-state index < -0.39 is 0 Å². The molecule has 36 heavy (non-hydrogen) atoms. The summed E-state index contributed by atoms with van der Waals surface area (Å²) in [4.78, 5) is 35.9. The van der Waals surface area contributed by atoms with Gasteiger partial charge in [-0.1, -0.05) is 36.1 Å². The normalized spacial score (nSPS) is 18.6. The summed E-state index contributed by atoms with van der Waals surface area (Å²) in [7, 11) is 0. The fourth-order valence-electron chi connectivity index (χ4n) is 4.43. The zero-order chi connectivity index (χ0) is 24.8. The first-order valence-corrected chi connectivity index (χ1v) is 12.7. The van der Waals surface area contributed by atoms with E-state index in [4.69, 9.17) is 31.4 Å². The van der Waals surface area contributed by atoms with Crippen LogP contribution in [0.15, 0.2) is 46.2 Å². The molecule has 0 bridgehead atoms. The Bertz CT molecular complexity index is 1500. The van der Waals surface area contributed by atoms with Crippen LogP contribution in [0.3, 0.4) is 0 Å². The Morgan fingerprint density at radius 2 is 1.94 bits per heavy atom. The molecule has 0 atom stereocenters. The van der Waals surface area contributed by atoms with Crippen LogP contribution in [0.1, 0.15) is 16.7 Å². The van der Waals surface area contributed by atoms with Gasteiger partial charge in [-0.2, -0.15) is 0 Å². The van der Waals surface area contributed by atoms with Crippen molar-refractivity contribution in [1.82, 2.24) is 14.3 Å². The summed E-state index contributed by atoms with van der Waals surface area (Å²) >= 11 is 6.73. The zero-order valence-electron chi connectivity index (χ0n) is 19.4. The lowest BCUT2D eigenvalue weighted by Crippen LogP contribution is -2.38. The van der Waals surface area contributed by atoms with Crippen LogP contribution in [0.4, 0.5) is 5.82 Å². The Morgan fingerprint density at radius 3 is 2.78 bits per heavy atom. The van der Waals surface area contributed by atoms with Gasteiger partial charge in [0.25, 0.3) is 11.5 Å². The largest absolute Gasteiger partial charge is 0.454 e. The Morgan fingerprint density at radius 1 is 1.14 bits per heavy atom. The standard InChI is InChI=1S/C25H22N4O5S2/c1-15-3-2-6-28-21(15)26-22(27-7-9-32-10-8-27)17(23(28)30)12-20-24(31)29(25(35)36-20)13-16-4-5-18-19(11-16)34-14-33-18/h2-6,11-12H,7-10,13-14H2,1H3. The van der Waals surface area contributed by atoms with Gasteiger partial charge in [-0.3, -0.25) is 18.9 Å². The van der Waals surface area contributed by atoms with Crippen molar-refractivity contribution in [3.05, 3.63) is 68.5 Å². The Balaban J connectivity index is 1.38. The van der Waals surface area contributed by atoms with Crippen molar-refractivity contribution in [1.29, 1.82) is 0 Å². The molecule has 1 aromatic carbocycles. The number of pyridine rings is 1. The average molecular weight is 523 g/mol. The Hall–Kier alpha value is -3.41. The minimum Gasteiger partial charge on any atom is -0.454 e. The number of nitrogens with zero attached hydrogens (tertiary/aromatic N) is 4. The van der Waals surface area contributed by atoms with Gasteiger partial charge in [-0.15, -0.1) is 0 Å². The zero-order valence-corrected chi connectivity index (χ0v) is 21.1. The number of benzene rings is 1. The van der Waals surface area contributed by atoms with Gasteiger partial charge < -0.3 is 19.1 Å². The number of hydrogen-bond donors (Lipinski definition) is 0. The van der Waals surface area contributed by atoms with Crippen LogP contribution in [0.5, 0.6) is 11.5 Å². The number of ether oxygens (including phenoxy) is 3. The van der Waals surface area contributed by atoms with Crippen molar-refractivity contribution in [2.45, 2.75) is 13.5 Å². The summed E-state index contributed by atoms with van der Waals surface area (Å²) in [6, 6.07) is 9.29. The van der Waals surface area contributed by atoms with Crippen LogP contribution in [0.2, 0.25) is 0 Å². The fraction of sp³-hybridized carbons (Fsp3) is 0.280. The molecule has 0 saturated carbocycles. The van der Waals surface area contributed by atoms with E-state index in [2.05, 4.69) is 0 Å². The molecule has 11 heteroatoms. The van der Waals surface area contributed by atoms with Gasteiger partial charge in [-0.25, -0.2) is 4.98 Å². The topological polar surface area (TPSA) is 85.6 Å². The number of anilines is 1. The molecule has 0 spiro atoms. The highest BCUT2D eigenvalue weighted by Gasteiger charge is 2.33. The summed E-state index contributed by atoms with van der Waals surface area (Å²) in [6.45, 7) is 4.72. The highest BCUT2D eigenvalue weighted by atomic mass is 32.2. The molecule has 0 radical (unpaired) electrons. The molecule has 3 aliphatic heterocycles. The molecule has 2 fully saturated rings.